The molecule has 3 N–H and O–H groups in total. The van der Waals surface area contributed by atoms with Crippen LogP contribution in [0.25, 0.3) is 0 Å². The zero-order chi connectivity index (χ0) is 12.9. The Hall–Kier alpha value is -1.22. The fourth-order valence-electron chi connectivity index (χ4n) is 1.59. The Morgan fingerprint density at radius 3 is 2.65 bits per heavy atom. The molecule has 0 saturated carbocycles. The van der Waals surface area contributed by atoms with Gasteiger partial charge in [0.1, 0.15) is 0 Å². The second-order valence-corrected chi connectivity index (χ2v) is 5.33. The number of benzene rings is 1. The zero-order valence-electron chi connectivity index (χ0n) is 11.3. The molecule has 3 heteroatoms. The summed E-state index contributed by atoms with van der Waals surface area (Å²) in [6.07, 6.45) is 1.05. The predicted molar refractivity (Wildman–Crippen MR) is 74.4 cm³/mol. The highest BCUT2D eigenvalue weighted by Crippen LogP contribution is 2.22. The van der Waals surface area contributed by atoms with Crippen LogP contribution in [0.3, 0.4) is 0 Å². The molecule has 17 heavy (non-hydrogen) atoms. The first-order valence-electron chi connectivity index (χ1n) is 6.03. The number of nitrogens with one attached hydrogen (secondary N) is 1. The molecule has 1 aromatic rings. The van der Waals surface area contributed by atoms with Crippen LogP contribution in [0.5, 0.6) is 0 Å². The Kier molecular flexibility index (Phi) is 4.82. The quantitative estimate of drug-likeness (QED) is 0.746. The van der Waals surface area contributed by atoms with Crippen LogP contribution in [0.1, 0.15) is 25.8 Å². The van der Waals surface area contributed by atoms with Gasteiger partial charge in [0.25, 0.3) is 0 Å². The summed E-state index contributed by atoms with van der Waals surface area (Å²) in [7, 11) is 1.74. The Morgan fingerprint density at radius 2 is 2.06 bits per heavy atom. The first-order valence-corrected chi connectivity index (χ1v) is 6.03. The summed E-state index contributed by atoms with van der Waals surface area (Å²) in [6.45, 7) is 8.23. The third kappa shape index (κ3) is 4.65. The number of ether oxygens (including phenoxy) is 1. The molecule has 1 rings (SSSR count). The van der Waals surface area contributed by atoms with E-state index in [0.29, 0.717) is 0 Å². The normalized spacial score (nSPS) is 11.5. The highest BCUT2D eigenvalue weighted by atomic mass is 16.5. The topological polar surface area (TPSA) is 47.3 Å². The van der Waals surface area contributed by atoms with E-state index in [-0.39, 0.29) is 5.41 Å². The lowest BCUT2D eigenvalue weighted by Gasteiger charge is -2.25. The number of nitrogen functional groups attached to an aromatic ring is 1. The maximum atomic E-state index is 5.79. The average Bonchev–Trinajstić information content (AvgIpc) is 2.28. The molecule has 3 nitrogen and oxygen atoms in total. The fourth-order valence-corrected chi connectivity index (χ4v) is 1.59. The van der Waals surface area contributed by atoms with E-state index >= 15 is 0 Å². The molecule has 0 saturated heterocycles. The monoisotopic (exact) mass is 236 g/mol. The number of hydrogen-bond donors (Lipinski definition) is 2. The highest BCUT2D eigenvalue weighted by Gasteiger charge is 2.17. The second-order valence-electron chi connectivity index (χ2n) is 5.33. The number of hydrogen-bond acceptors (Lipinski definition) is 3. The first-order chi connectivity index (χ1) is 7.94. The molecular weight excluding hydrogens is 212 g/mol. The van der Waals surface area contributed by atoms with Gasteiger partial charge in [-0.1, -0.05) is 13.8 Å². The van der Waals surface area contributed by atoms with E-state index in [4.69, 9.17) is 10.5 Å². The van der Waals surface area contributed by atoms with Crippen molar-refractivity contribution in [3.8, 4) is 0 Å². The van der Waals surface area contributed by atoms with E-state index in [1.165, 1.54) is 0 Å². The first kappa shape index (κ1) is 13.8. The van der Waals surface area contributed by atoms with E-state index in [9.17, 15) is 0 Å². The molecule has 0 unspecified atom stereocenters. The lowest BCUT2D eigenvalue weighted by molar-refractivity contribution is 0.157. The molecule has 0 spiro atoms. The molecule has 0 aliphatic heterocycles. The van der Waals surface area contributed by atoms with Crippen molar-refractivity contribution in [1.82, 2.24) is 0 Å². The van der Waals surface area contributed by atoms with Crippen molar-refractivity contribution in [3.63, 3.8) is 0 Å². The van der Waals surface area contributed by atoms with Gasteiger partial charge in [0.2, 0.25) is 0 Å². The minimum Gasteiger partial charge on any atom is -0.399 e. The average molecular weight is 236 g/mol. The van der Waals surface area contributed by atoms with Crippen molar-refractivity contribution in [2.45, 2.75) is 27.2 Å². The van der Waals surface area contributed by atoms with E-state index in [1.54, 1.807) is 7.11 Å². The molecule has 0 aromatic heterocycles. The number of methoxy groups -OCH3 is 1. The Labute approximate surface area is 104 Å². The fraction of sp³-hybridized carbons (Fsp3) is 0.571. The van der Waals surface area contributed by atoms with Gasteiger partial charge in [-0.05, 0) is 42.5 Å². The molecular formula is C14H24N2O. The van der Waals surface area contributed by atoms with Crippen molar-refractivity contribution >= 4 is 11.4 Å². The summed E-state index contributed by atoms with van der Waals surface area (Å²) in [5.74, 6) is 0. The number of nitrogens with two attached hydrogens (primary N) is 1. The SMILES string of the molecule is COCCC(C)(C)CNc1ccc(N)c(C)c1. The summed E-state index contributed by atoms with van der Waals surface area (Å²) in [6, 6.07) is 6.05. The van der Waals surface area contributed by atoms with Gasteiger partial charge in [-0.2, -0.15) is 0 Å². The van der Waals surface area contributed by atoms with Crippen LogP contribution in [0.2, 0.25) is 0 Å². The minimum absolute atomic E-state index is 0.227. The molecule has 0 radical (unpaired) electrons. The van der Waals surface area contributed by atoms with Crippen molar-refractivity contribution in [3.05, 3.63) is 23.8 Å². The third-order valence-corrected chi connectivity index (χ3v) is 3.02. The molecule has 0 atom stereocenters. The number of rotatable bonds is 6. The smallest absolute Gasteiger partial charge is 0.0468 e. The Balaban J connectivity index is 2.51. The maximum Gasteiger partial charge on any atom is 0.0468 e. The Morgan fingerprint density at radius 1 is 1.35 bits per heavy atom. The third-order valence-electron chi connectivity index (χ3n) is 3.02. The van der Waals surface area contributed by atoms with Gasteiger partial charge in [-0.15, -0.1) is 0 Å². The summed E-state index contributed by atoms with van der Waals surface area (Å²) in [4.78, 5) is 0. The predicted octanol–water partition coefficient (Wildman–Crippen LogP) is 3.05. The summed E-state index contributed by atoms with van der Waals surface area (Å²) >= 11 is 0. The summed E-state index contributed by atoms with van der Waals surface area (Å²) < 4.78 is 5.12. The van der Waals surface area contributed by atoms with E-state index in [0.717, 1.165) is 36.5 Å². The van der Waals surface area contributed by atoms with Crippen LogP contribution in [-0.2, 0) is 4.74 Å². The zero-order valence-corrected chi connectivity index (χ0v) is 11.3. The minimum atomic E-state index is 0.227. The largest absolute Gasteiger partial charge is 0.399 e. The molecule has 0 fully saturated rings. The van der Waals surface area contributed by atoms with Crippen molar-refractivity contribution in [2.75, 3.05) is 31.3 Å². The molecule has 0 aliphatic rings. The van der Waals surface area contributed by atoms with Gasteiger partial charge in [0.15, 0.2) is 0 Å². The van der Waals surface area contributed by atoms with Crippen LogP contribution in [0.15, 0.2) is 18.2 Å². The molecule has 96 valence electrons. The van der Waals surface area contributed by atoms with Gasteiger partial charge in [-0.25, -0.2) is 0 Å². The lowest BCUT2D eigenvalue weighted by atomic mass is 9.89. The highest BCUT2D eigenvalue weighted by molar-refractivity contribution is 5.56. The molecule has 0 aliphatic carbocycles. The van der Waals surface area contributed by atoms with Crippen LogP contribution < -0.4 is 11.1 Å². The maximum absolute atomic E-state index is 5.79. The standard InChI is InChI=1S/C14H24N2O/c1-11-9-12(5-6-13(11)15)16-10-14(2,3)7-8-17-4/h5-6,9,16H,7-8,10,15H2,1-4H3. The number of anilines is 2. The van der Waals surface area contributed by atoms with Crippen molar-refractivity contribution in [2.24, 2.45) is 5.41 Å². The van der Waals surface area contributed by atoms with Gasteiger partial charge in [-0.3, -0.25) is 0 Å². The van der Waals surface area contributed by atoms with Gasteiger partial charge in [0, 0.05) is 31.6 Å². The summed E-state index contributed by atoms with van der Waals surface area (Å²) in [5.41, 5.74) is 9.10. The van der Waals surface area contributed by atoms with Crippen LogP contribution in [0.4, 0.5) is 11.4 Å². The molecule has 0 amide bonds. The van der Waals surface area contributed by atoms with Crippen LogP contribution in [-0.4, -0.2) is 20.3 Å². The van der Waals surface area contributed by atoms with E-state index in [2.05, 4.69) is 25.2 Å². The van der Waals surface area contributed by atoms with Gasteiger partial charge in [0.05, 0.1) is 0 Å². The summed E-state index contributed by atoms with van der Waals surface area (Å²) in [5, 5.41) is 3.45. The lowest BCUT2D eigenvalue weighted by Crippen LogP contribution is -2.24. The van der Waals surface area contributed by atoms with Gasteiger partial charge >= 0.3 is 0 Å². The molecule has 0 bridgehead atoms. The van der Waals surface area contributed by atoms with Crippen molar-refractivity contribution in [1.29, 1.82) is 0 Å². The van der Waals surface area contributed by atoms with Crippen molar-refractivity contribution < 1.29 is 4.74 Å². The Bertz CT molecular complexity index is 361. The molecule has 1 aromatic carbocycles. The van der Waals surface area contributed by atoms with Crippen LogP contribution >= 0.6 is 0 Å². The number of aryl methyl sites for hydroxylation is 1. The van der Waals surface area contributed by atoms with E-state index in [1.807, 2.05) is 19.1 Å². The van der Waals surface area contributed by atoms with E-state index < -0.39 is 0 Å². The second kappa shape index (κ2) is 5.92. The van der Waals surface area contributed by atoms with Gasteiger partial charge < -0.3 is 15.8 Å². The molecule has 0 heterocycles. The van der Waals surface area contributed by atoms with Crippen LogP contribution in [0, 0.1) is 12.3 Å².